The summed E-state index contributed by atoms with van der Waals surface area (Å²) in [5, 5.41) is 0. The molecular formula is C12H10N2O3S. The molecule has 1 aliphatic rings. The number of hydrogen-bond donors (Lipinski definition) is 0. The van der Waals surface area contributed by atoms with Crippen molar-refractivity contribution in [2.24, 2.45) is 0 Å². The Bertz CT molecular complexity index is 644. The van der Waals surface area contributed by atoms with E-state index in [2.05, 4.69) is 4.98 Å². The van der Waals surface area contributed by atoms with Crippen LogP contribution in [0, 0.1) is 0 Å². The summed E-state index contributed by atoms with van der Waals surface area (Å²) in [4.78, 5) is 9.24. The summed E-state index contributed by atoms with van der Waals surface area (Å²) in [5.74, 6) is 0. The van der Waals surface area contributed by atoms with Crippen LogP contribution in [0.3, 0.4) is 0 Å². The lowest BCUT2D eigenvalue weighted by Gasteiger charge is -2.01. The van der Waals surface area contributed by atoms with Crippen LogP contribution in [0.5, 0.6) is 0 Å². The minimum absolute atomic E-state index is 0.224. The fraction of sp³-hybridized carbons (Fsp3) is 0.0833. The first-order valence-corrected chi connectivity index (χ1v) is 6.80. The number of pyridine rings is 1. The second kappa shape index (κ2) is 4.16. The fourth-order valence-electron chi connectivity index (χ4n) is 1.66. The van der Waals surface area contributed by atoms with Gasteiger partial charge in [-0.25, -0.2) is 8.42 Å². The van der Waals surface area contributed by atoms with E-state index in [0.29, 0.717) is 0 Å². The molecule has 1 saturated heterocycles. The molecule has 0 saturated carbocycles. The standard InChI is InChI=1S/C12H10N2O3S/c15-18(16,11-4-2-1-3-5-11)14-12(17-14)10-6-8-13-9-7-10/h1-9,12H. The van der Waals surface area contributed by atoms with Crippen LogP contribution in [0.4, 0.5) is 0 Å². The Morgan fingerprint density at radius 2 is 1.72 bits per heavy atom. The average molecular weight is 262 g/mol. The van der Waals surface area contributed by atoms with Gasteiger partial charge in [-0.3, -0.25) is 9.82 Å². The molecule has 1 fully saturated rings. The molecule has 2 unspecified atom stereocenters. The maximum absolute atomic E-state index is 12.2. The quantitative estimate of drug-likeness (QED) is 0.790. The summed E-state index contributed by atoms with van der Waals surface area (Å²) >= 11 is 0. The van der Waals surface area contributed by atoms with Gasteiger partial charge >= 0.3 is 0 Å². The zero-order chi connectivity index (χ0) is 12.6. The third kappa shape index (κ3) is 1.90. The Morgan fingerprint density at radius 1 is 1.06 bits per heavy atom. The highest BCUT2D eigenvalue weighted by Crippen LogP contribution is 2.41. The minimum Gasteiger partial charge on any atom is -0.265 e. The smallest absolute Gasteiger partial charge is 0.265 e. The van der Waals surface area contributed by atoms with Crippen molar-refractivity contribution in [3.05, 3.63) is 60.4 Å². The lowest BCUT2D eigenvalue weighted by atomic mass is 10.3. The number of aromatic nitrogens is 1. The number of hydrogen-bond acceptors (Lipinski definition) is 4. The van der Waals surface area contributed by atoms with E-state index in [4.69, 9.17) is 4.84 Å². The lowest BCUT2D eigenvalue weighted by Crippen LogP contribution is -2.12. The van der Waals surface area contributed by atoms with Gasteiger partial charge in [0, 0.05) is 18.0 Å². The predicted molar refractivity (Wildman–Crippen MR) is 63.5 cm³/mol. The molecule has 6 heteroatoms. The van der Waals surface area contributed by atoms with E-state index >= 15 is 0 Å². The van der Waals surface area contributed by atoms with Crippen LogP contribution in [-0.2, 0) is 14.9 Å². The van der Waals surface area contributed by atoms with E-state index in [0.717, 1.165) is 10.0 Å². The predicted octanol–water partition coefficient (Wildman–Crippen LogP) is 1.72. The van der Waals surface area contributed by atoms with Gasteiger partial charge in [0.25, 0.3) is 10.0 Å². The molecule has 0 aliphatic carbocycles. The van der Waals surface area contributed by atoms with Crippen LogP contribution in [0.25, 0.3) is 0 Å². The summed E-state index contributed by atoms with van der Waals surface area (Å²) in [6.45, 7) is 0. The molecule has 1 aromatic carbocycles. The Labute approximate surface area is 105 Å². The molecule has 1 aliphatic heterocycles. The summed E-state index contributed by atoms with van der Waals surface area (Å²) in [6, 6.07) is 11.7. The molecule has 0 amide bonds. The third-order valence-corrected chi connectivity index (χ3v) is 4.24. The number of sulfonamides is 1. The third-order valence-electron chi connectivity index (χ3n) is 2.62. The Balaban J connectivity index is 1.87. The van der Waals surface area contributed by atoms with Crippen LogP contribution in [0.2, 0.25) is 0 Å². The average Bonchev–Trinajstić information content (AvgIpc) is 3.22. The normalized spacial score (nSPS) is 22.7. The molecule has 92 valence electrons. The van der Waals surface area contributed by atoms with E-state index in [1.807, 2.05) is 0 Å². The van der Waals surface area contributed by atoms with Crippen molar-refractivity contribution in [3.63, 3.8) is 0 Å². The molecule has 5 nitrogen and oxygen atoms in total. The van der Waals surface area contributed by atoms with Crippen LogP contribution < -0.4 is 0 Å². The maximum atomic E-state index is 12.2. The molecule has 3 rings (SSSR count). The number of nitrogens with zero attached hydrogens (tertiary/aromatic N) is 2. The van der Waals surface area contributed by atoms with Gasteiger partial charge in [-0.1, -0.05) is 18.2 Å². The van der Waals surface area contributed by atoms with E-state index < -0.39 is 16.3 Å². The summed E-state index contributed by atoms with van der Waals surface area (Å²) in [6.07, 6.45) is 2.66. The van der Waals surface area contributed by atoms with Crippen LogP contribution in [0.15, 0.2) is 59.8 Å². The Hall–Kier alpha value is -1.76. The van der Waals surface area contributed by atoms with Gasteiger partial charge in [0.15, 0.2) is 6.23 Å². The largest absolute Gasteiger partial charge is 0.267 e. The van der Waals surface area contributed by atoms with Crippen molar-refractivity contribution in [2.45, 2.75) is 11.1 Å². The van der Waals surface area contributed by atoms with Gasteiger partial charge in [0.05, 0.1) is 4.90 Å². The number of rotatable bonds is 3. The second-order valence-corrected chi connectivity index (χ2v) is 5.59. The van der Waals surface area contributed by atoms with Crippen molar-refractivity contribution in [1.82, 2.24) is 9.45 Å². The second-order valence-electron chi connectivity index (χ2n) is 3.81. The number of hydroxylamine groups is 1. The first-order chi connectivity index (χ1) is 8.69. The van der Waals surface area contributed by atoms with Crippen LogP contribution in [0.1, 0.15) is 11.8 Å². The highest BCUT2D eigenvalue weighted by Gasteiger charge is 2.48. The molecule has 0 bridgehead atoms. The Kier molecular flexibility index (Phi) is 2.62. The fourth-order valence-corrected chi connectivity index (χ4v) is 2.94. The maximum Gasteiger partial charge on any atom is 0.267 e. The van der Waals surface area contributed by atoms with Crippen LogP contribution >= 0.6 is 0 Å². The van der Waals surface area contributed by atoms with Gasteiger partial charge in [-0.2, -0.15) is 0 Å². The van der Waals surface area contributed by atoms with Gasteiger partial charge < -0.3 is 0 Å². The highest BCUT2D eigenvalue weighted by molar-refractivity contribution is 7.89. The summed E-state index contributed by atoms with van der Waals surface area (Å²) in [5.41, 5.74) is 0.768. The Morgan fingerprint density at radius 3 is 2.39 bits per heavy atom. The van der Waals surface area contributed by atoms with Gasteiger partial charge in [-0.15, -0.1) is 0 Å². The molecule has 0 spiro atoms. The lowest BCUT2D eigenvalue weighted by molar-refractivity contribution is 0.283. The van der Waals surface area contributed by atoms with E-state index in [-0.39, 0.29) is 4.90 Å². The first-order valence-electron chi connectivity index (χ1n) is 5.36. The zero-order valence-corrected chi connectivity index (χ0v) is 10.1. The van der Waals surface area contributed by atoms with Crippen molar-refractivity contribution in [3.8, 4) is 0 Å². The van der Waals surface area contributed by atoms with E-state index in [1.165, 1.54) is 0 Å². The van der Waals surface area contributed by atoms with Crippen LogP contribution in [-0.4, -0.2) is 17.9 Å². The van der Waals surface area contributed by atoms with Crippen molar-refractivity contribution < 1.29 is 13.3 Å². The molecule has 0 radical (unpaired) electrons. The minimum atomic E-state index is -3.57. The van der Waals surface area contributed by atoms with E-state index in [9.17, 15) is 8.42 Å². The number of benzene rings is 1. The molecule has 18 heavy (non-hydrogen) atoms. The SMILES string of the molecule is O=S(=O)(c1ccccc1)N1OC1c1ccncc1. The zero-order valence-electron chi connectivity index (χ0n) is 9.30. The summed E-state index contributed by atoms with van der Waals surface area (Å²) < 4.78 is 25.3. The molecule has 2 atom stereocenters. The molecular weight excluding hydrogens is 252 g/mol. The van der Waals surface area contributed by atoms with E-state index in [1.54, 1.807) is 54.9 Å². The van der Waals surface area contributed by atoms with Gasteiger partial charge in [-0.05, 0) is 28.7 Å². The van der Waals surface area contributed by atoms with Crippen molar-refractivity contribution in [1.29, 1.82) is 0 Å². The molecule has 2 aromatic rings. The van der Waals surface area contributed by atoms with Gasteiger partial charge in [0.1, 0.15) is 0 Å². The van der Waals surface area contributed by atoms with Gasteiger partial charge in [0.2, 0.25) is 0 Å². The topological polar surface area (TPSA) is 62.6 Å². The molecule has 0 N–H and O–H groups in total. The van der Waals surface area contributed by atoms with Crippen molar-refractivity contribution in [2.75, 3.05) is 0 Å². The van der Waals surface area contributed by atoms with Crippen molar-refractivity contribution >= 4 is 10.0 Å². The first kappa shape index (κ1) is 11.3. The molecule has 2 heterocycles. The summed E-state index contributed by atoms with van der Waals surface area (Å²) in [7, 11) is -3.57. The molecule has 1 aromatic heterocycles. The highest BCUT2D eigenvalue weighted by atomic mass is 32.2. The monoisotopic (exact) mass is 262 g/mol.